The van der Waals surface area contributed by atoms with E-state index < -0.39 is 17.8 Å². The monoisotopic (exact) mass is 506 g/mol. The highest BCUT2D eigenvalue weighted by atomic mass is 19.4. The Balaban J connectivity index is 1.34. The number of fused-ring (bicyclic) bond motifs is 1. The first-order valence-corrected chi connectivity index (χ1v) is 12.4. The van der Waals surface area contributed by atoms with Gasteiger partial charge in [-0.3, -0.25) is 9.69 Å². The number of aliphatic hydroxyl groups excluding tert-OH is 1. The number of aliphatic hydroxyl groups is 1. The van der Waals surface area contributed by atoms with Crippen LogP contribution in [0.5, 0.6) is 0 Å². The fraction of sp³-hybridized carbons (Fsp3) is 0.519. The van der Waals surface area contributed by atoms with Crippen LogP contribution in [0.2, 0.25) is 0 Å². The van der Waals surface area contributed by atoms with Crippen molar-refractivity contribution in [2.45, 2.75) is 62.8 Å². The van der Waals surface area contributed by atoms with Gasteiger partial charge >= 0.3 is 6.18 Å². The molecular formula is C27H33F3N2O4. The van der Waals surface area contributed by atoms with Crippen LogP contribution in [0, 0.1) is 0 Å². The van der Waals surface area contributed by atoms with Crippen molar-refractivity contribution in [1.29, 1.82) is 0 Å². The van der Waals surface area contributed by atoms with E-state index in [1.165, 1.54) is 6.07 Å². The third-order valence-corrected chi connectivity index (χ3v) is 6.72. The molecule has 2 aromatic carbocycles. The third-order valence-electron chi connectivity index (χ3n) is 6.72. The van der Waals surface area contributed by atoms with Crippen molar-refractivity contribution in [3.63, 3.8) is 0 Å². The maximum atomic E-state index is 13.2. The summed E-state index contributed by atoms with van der Waals surface area (Å²) in [6.45, 7) is 1.46. The maximum absolute atomic E-state index is 13.2. The van der Waals surface area contributed by atoms with E-state index in [0.717, 1.165) is 24.1 Å². The highest BCUT2D eigenvalue weighted by Crippen LogP contribution is 2.32. The van der Waals surface area contributed by atoms with Gasteiger partial charge < -0.3 is 19.9 Å². The zero-order chi connectivity index (χ0) is 25.5. The van der Waals surface area contributed by atoms with Gasteiger partial charge in [0, 0.05) is 25.7 Å². The first kappa shape index (κ1) is 26.6. The summed E-state index contributed by atoms with van der Waals surface area (Å²) in [5, 5.41) is 13.3. The number of amides is 1. The van der Waals surface area contributed by atoms with Crippen molar-refractivity contribution in [3.05, 3.63) is 71.3 Å². The number of hydrogen-bond acceptors (Lipinski definition) is 5. The fourth-order valence-corrected chi connectivity index (χ4v) is 4.98. The zero-order valence-electron chi connectivity index (χ0n) is 20.1. The second-order valence-electron chi connectivity index (χ2n) is 9.55. The molecule has 0 aromatic heterocycles. The molecule has 196 valence electrons. The van der Waals surface area contributed by atoms with Gasteiger partial charge in [0.1, 0.15) is 0 Å². The summed E-state index contributed by atoms with van der Waals surface area (Å²) in [6.07, 6.45) is -3.41. The second-order valence-corrected chi connectivity index (χ2v) is 9.55. The van der Waals surface area contributed by atoms with Gasteiger partial charge in [-0.2, -0.15) is 13.2 Å². The number of rotatable bonds is 7. The van der Waals surface area contributed by atoms with Gasteiger partial charge in [-0.05, 0) is 36.5 Å². The maximum Gasteiger partial charge on any atom is 0.416 e. The molecule has 0 bridgehead atoms. The van der Waals surface area contributed by atoms with Crippen molar-refractivity contribution in [1.82, 2.24) is 10.2 Å². The van der Waals surface area contributed by atoms with Gasteiger partial charge in [-0.15, -0.1) is 0 Å². The summed E-state index contributed by atoms with van der Waals surface area (Å²) in [4.78, 5) is 14.5. The number of β-amino-alcohol motifs (C(OH)–C–C–N with tert-alkyl or cyclic N) is 1. The Hall–Kier alpha value is -2.46. The summed E-state index contributed by atoms with van der Waals surface area (Å²) in [7, 11) is 0. The van der Waals surface area contributed by atoms with Gasteiger partial charge in [0.25, 0.3) is 0 Å². The molecule has 1 amide bonds. The van der Waals surface area contributed by atoms with E-state index in [4.69, 9.17) is 9.47 Å². The number of hydrogen-bond donors (Lipinski definition) is 2. The first-order chi connectivity index (χ1) is 17.3. The summed E-state index contributed by atoms with van der Waals surface area (Å²) >= 11 is 0. The highest BCUT2D eigenvalue weighted by molar-refractivity contribution is 5.76. The summed E-state index contributed by atoms with van der Waals surface area (Å²) in [5.74, 6) is -0.0719. The molecule has 2 N–H and O–H groups in total. The Morgan fingerprint density at radius 3 is 2.61 bits per heavy atom. The minimum Gasteiger partial charge on any atom is -0.389 e. The van der Waals surface area contributed by atoms with E-state index in [1.807, 2.05) is 35.2 Å². The molecule has 2 heterocycles. The number of carbonyl (C=O) groups excluding carboxylic acids is 1. The Bertz CT molecular complexity index is 988. The minimum absolute atomic E-state index is 0.0719. The predicted octanol–water partition coefficient (Wildman–Crippen LogP) is 3.56. The molecule has 0 radical (unpaired) electrons. The Labute approximate surface area is 209 Å². The fourth-order valence-electron chi connectivity index (χ4n) is 4.98. The SMILES string of the molecule is O=C(C[C@@H]1CC[C@H]2[C@@H](COC[C@@H](O)CN2Cc2cccc(C(F)(F)F)c2)O1)NCCc1ccccc1. The lowest BCUT2D eigenvalue weighted by Gasteiger charge is -2.44. The average Bonchev–Trinajstić information content (AvgIpc) is 2.83. The molecule has 0 unspecified atom stereocenters. The van der Waals surface area contributed by atoms with Crippen LogP contribution >= 0.6 is 0 Å². The lowest BCUT2D eigenvalue weighted by Crippen LogP contribution is -2.55. The Morgan fingerprint density at radius 1 is 1.06 bits per heavy atom. The molecule has 4 atom stereocenters. The molecule has 4 rings (SSSR count). The largest absolute Gasteiger partial charge is 0.416 e. The number of benzene rings is 2. The molecular weight excluding hydrogens is 473 g/mol. The second kappa shape index (κ2) is 12.2. The van der Waals surface area contributed by atoms with Crippen LogP contribution in [-0.2, 0) is 33.4 Å². The summed E-state index contributed by atoms with van der Waals surface area (Å²) in [6, 6.07) is 15.1. The van der Waals surface area contributed by atoms with Crippen LogP contribution < -0.4 is 5.32 Å². The summed E-state index contributed by atoms with van der Waals surface area (Å²) in [5.41, 5.74) is 0.993. The number of carbonyl (C=O) groups is 1. The normalized spacial score (nSPS) is 25.4. The summed E-state index contributed by atoms with van der Waals surface area (Å²) < 4.78 is 51.4. The average molecular weight is 507 g/mol. The van der Waals surface area contributed by atoms with Crippen LogP contribution in [-0.4, -0.2) is 66.6 Å². The molecule has 6 nitrogen and oxygen atoms in total. The zero-order valence-corrected chi connectivity index (χ0v) is 20.1. The number of halogens is 3. The van der Waals surface area contributed by atoms with Gasteiger partial charge in [-0.1, -0.05) is 48.5 Å². The van der Waals surface area contributed by atoms with E-state index in [-0.39, 0.29) is 56.9 Å². The molecule has 2 aromatic rings. The molecule has 2 aliphatic rings. The molecule has 0 saturated carbocycles. The smallest absolute Gasteiger partial charge is 0.389 e. The van der Waals surface area contributed by atoms with Crippen molar-refractivity contribution in [3.8, 4) is 0 Å². The quantitative estimate of drug-likeness (QED) is 0.601. The highest BCUT2D eigenvalue weighted by Gasteiger charge is 2.38. The third kappa shape index (κ3) is 7.52. The van der Waals surface area contributed by atoms with Crippen molar-refractivity contribution in [2.24, 2.45) is 0 Å². The van der Waals surface area contributed by atoms with Gasteiger partial charge in [0.2, 0.25) is 5.91 Å². The van der Waals surface area contributed by atoms with Crippen LogP contribution in [0.4, 0.5) is 13.2 Å². The number of alkyl halides is 3. The molecule has 9 heteroatoms. The van der Waals surface area contributed by atoms with E-state index in [9.17, 15) is 23.1 Å². The number of nitrogens with zero attached hydrogens (tertiary/aromatic N) is 1. The number of nitrogens with one attached hydrogen (secondary N) is 1. The van der Waals surface area contributed by atoms with Gasteiger partial charge in [-0.25, -0.2) is 0 Å². The van der Waals surface area contributed by atoms with Crippen molar-refractivity contribution < 1.29 is 32.5 Å². The lowest BCUT2D eigenvalue weighted by molar-refractivity contribution is -0.158. The molecule has 2 aliphatic heterocycles. The van der Waals surface area contributed by atoms with E-state index in [0.29, 0.717) is 24.9 Å². The van der Waals surface area contributed by atoms with Crippen LogP contribution in [0.25, 0.3) is 0 Å². The van der Waals surface area contributed by atoms with E-state index >= 15 is 0 Å². The molecule has 2 saturated heterocycles. The van der Waals surface area contributed by atoms with Crippen LogP contribution in [0.1, 0.15) is 36.0 Å². The van der Waals surface area contributed by atoms with E-state index in [2.05, 4.69) is 5.32 Å². The standard InChI is InChI=1S/C27H33F3N2O4/c28-27(29,30)21-8-4-7-20(13-21)15-32-16-22(33)17-35-18-25-24(32)10-9-23(36-25)14-26(34)31-12-11-19-5-2-1-3-6-19/h1-8,13,22-25,33H,9-12,14-18H2,(H,31,34)/t22-,23-,24-,25+/m0/s1. The van der Waals surface area contributed by atoms with Crippen molar-refractivity contribution >= 4 is 5.91 Å². The molecule has 0 spiro atoms. The number of ether oxygens (including phenoxy) is 2. The predicted molar refractivity (Wildman–Crippen MR) is 128 cm³/mol. The van der Waals surface area contributed by atoms with Crippen LogP contribution in [0.15, 0.2) is 54.6 Å². The molecule has 36 heavy (non-hydrogen) atoms. The Morgan fingerprint density at radius 2 is 1.83 bits per heavy atom. The molecule has 0 aliphatic carbocycles. The van der Waals surface area contributed by atoms with E-state index in [1.54, 1.807) is 6.07 Å². The van der Waals surface area contributed by atoms with Gasteiger partial charge in [0.15, 0.2) is 0 Å². The molecule has 2 fully saturated rings. The van der Waals surface area contributed by atoms with Crippen molar-refractivity contribution in [2.75, 3.05) is 26.3 Å². The minimum atomic E-state index is -4.41. The van der Waals surface area contributed by atoms with Crippen LogP contribution in [0.3, 0.4) is 0 Å². The Kier molecular flexibility index (Phi) is 9.00. The topological polar surface area (TPSA) is 71.0 Å². The first-order valence-electron chi connectivity index (χ1n) is 12.4. The lowest BCUT2D eigenvalue weighted by atomic mass is 9.94. The van der Waals surface area contributed by atoms with Gasteiger partial charge in [0.05, 0.1) is 43.5 Å².